The normalized spacial score (nSPS) is 23.6. The van der Waals surface area contributed by atoms with Gasteiger partial charge in [0.1, 0.15) is 0 Å². The van der Waals surface area contributed by atoms with Gasteiger partial charge >= 0.3 is 5.97 Å². The molecule has 2 rings (SSSR count). The zero-order chi connectivity index (χ0) is 13.7. The van der Waals surface area contributed by atoms with Crippen LogP contribution in [-0.4, -0.2) is 35.1 Å². The Labute approximate surface area is 115 Å². The Morgan fingerprint density at radius 3 is 2.79 bits per heavy atom. The van der Waals surface area contributed by atoms with Crippen LogP contribution < -0.4 is 0 Å². The number of rotatable bonds is 6. The highest BCUT2D eigenvalue weighted by molar-refractivity contribution is 5.66. The Balaban J connectivity index is 1.80. The maximum absolute atomic E-state index is 10.5. The molecule has 2 atom stereocenters. The average molecular weight is 261 g/mol. The fourth-order valence-corrected chi connectivity index (χ4v) is 3.01. The van der Waals surface area contributed by atoms with Gasteiger partial charge in [0, 0.05) is 12.5 Å². The predicted octanol–water partition coefficient (Wildman–Crippen LogP) is 2.80. The van der Waals surface area contributed by atoms with Crippen LogP contribution in [0.25, 0.3) is 0 Å². The number of carboxylic acids is 1. The number of benzene rings is 1. The van der Waals surface area contributed by atoms with Crippen LogP contribution in [0.15, 0.2) is 30.3 Å². The number of hydrogen-bond acceptors (Lipinski definition) is 2. The van der Waals surface area contributed by atoms with Crippen LogP contribution in [0.2, 0.25) is 0 Å². The van der Waals surface area contributed by atoms with Gasteiger partial charge in [0.2, 0.25) is 0 Å². The molecule has 0 saturated carbocycles. The second kappa shape index (κ2) is 6.71. The minimum absolute atomic E-state index is 0.284. The highest BCUT2D eigenvalue weighted by Gasteiger charge is 2.30. The van der Waals surface area contributed by atoms with E-state index in [9.17, 15) is 4.79 Å². The summed E-state index contributed by atoms with van der Waals surface area (Å²) in [4.78, 5) is 13.0. The van der Waals surface area contributed by atoms with Crippen molar-refractivity contribution >= 4 is 5.97 Å². The second-order valence-corrected chi connectivity index (χ2v) is 5.51. The standard InChI is InChI=1S/C16H23NO2/c1-13-15(12-14-6-3-2-4-7-14)9-11-17(13)10-5-8-16(18)19/h2-4,6-7,13,15H,5,8-12H2,1H3,(H,18,19)/t13-,15+/m1/s1. The molecule has 0 spiro atoms. The van der Waals surface area contributed by atoms with Crippen molar-refractivity contribution in [2.75, 3.05) is 13.1 Å². The highest BCUT2D eigenvalue weighted by atomic mass is 16.4. The van der Waals surface area contributed by atoms with Gasteiger partial charge in [-0.05, 0) is 50.8 Å². The minimum atomic E-state index is -0.687. The Hall–Kier alpha value is -1.35. The van der Waals surface area contributed by atoms with Crippen molar-refractivity contribution in [3.63, 3.8) is 0 Å². The van der Waals surface area contributed by atoms with Crippen molar-refractivity contribution in [3.05, 3.63) is 35.9 Å². The molecule has 1 aromatic carbocycles. The maximum atomic E-state index is 10.5. The van der Waals surface area contributed by atoms with Crippen LogP contribution in [0.3, 0.4) is 0 Å². The average Bonchev–Trinajstić information content (AvgIpc) is 2.72. The molecule has 0 radical (unpaired) electrons. The largest absolute Gasteiger partial charge is 0.481 e. The molecule has 19 heavy (non-hydrogen) atoms. The van der Waals surface area contributed by atoms with E-state index in [-0.39, 0.29) is 6.42 Å². The van der Waals surface area contributed by atoms with Crippen LogP contribution in [0, 0.1) is 5.92 Å². The first-order valence-corrected chi connectivity index (χ1v) is 7.16. The number of hydrogen-bond donors (Lipinski definition) is 1. The van der Waals surface area contributed by atoms with E-state index >= 15 is 0 Å². The van der Waals surface area contributed by atoms with Gasteiger partial charge in [-0.25, -0.2) is 0 Å². The molecule has 0 amide bonds. The fraction of sp³-hybridized carbons (Fsp3) is 0.562. The van der Waals surface area contributed by atoms with Crippen LogP contribution >= 0.6 is 0 Å². The van der Waals surface area contributed by atoms with Crippen LogP contribution in [0.5, 0.6) is 0 Å². The lowest BCUT2D eigenvalue weighted by atomic mass is 9.93. The molecule has 1 heterocycles. The molecule has 3 heteroatoms. The van der Waals surface area contributed by atoms with Gasteiger partial charge < -0.3 is 10.0 Å². The Morgan fingerprint density at radius 1 is 1.37 bits per heavy atom. The van der Waals surface area contributed by atoms with Crippen molar-refractivity contribution in [1.82, 2.24) is 4.90 Å². The quantitative estimate of drug-likeness (QED) is 0.856. The number of likely N-dealkylation sites (tertiary alicyclic amines) is 1. The fourth-order valence-electron chi connectivity index (χ4n) is 3.01. The molecule has 104 valence electrons. The van der Waals surface area contributed by atoms with Crippen LogP contribution in [-0.2, 0) is 11.2 Å². The summed E-state index contributed by atoms with van der Waals surface area (Å²) in [6.07, 6.45) is 3.41. The van der Waals surface area contributed by atoms with Crippen molar-refractivity contribution in [2.45, 2.75) is 38.6 Å². The van der Waals surface area contributed by atoms with E-state index in [1.54, 1.807) is 0 Å². The molecule has 1 fully saturated rings. The van der Waals surface area contributed by atoms with E-state index in [1.165, 1.54) is 12.0 Å². The molecule has 3 nitrogen and oxygen atoms in total. The van der Waals surface area contributed by atoms with Crippen molar-refractivity contribution < 1.29 is 9.90 Å². The Morgan fingerprint density at radius 2 is 2.11 bits per heavy atom. The molecular weight excluding hydrogens is 238 g/mol. The molecule has 0 aliphatic carbocycles. The Kier molecular flexibility index (Phi) is 4.97. The number of carbonyl (C=O) groups is 1. The smallest absolute Gasteiger partial charge is 0.303 e. The van der Waals surface area contributed by atoms with Gasteiger partial charge in [-0.1, -0.05) is 30.3 Å². The summed E-state index contributed by atoms with van der Waals surface area (Å²) in [6.45, 7) is 4.30. The second-order valence-electron chi connectivity index (χ2n) is 5.51. The van der Waals surface area contributed by atoms with Crippen molar-refractivity contribution in [2.24, 2.45) is 5.92 Å². The van der Waals surface area contributed by atoms with Gasteiger partial charge in [-0.3, -0.25) is 4.79 Å². The van der Waals surface area contributed by atoms with Gasteiger partial charge in [0.25, 0.3) is 0 Å². The maximum Gasteiger partial charge on any atom is 0.303 e. The first kappa shape index (κ1) is 14.1. The highest BCUT2D eigenvalue weighted by Crippen LogP contribution is 2.27. The summed E-state index contributed by atoms with van der Waals surface area (Å²) in [5, 5.41) is 8.68. The molecule has 1 aliphatic rings. The first-order valence-electron chi connectivity index (χ1n) is 7.16. The lowest BCUT2D eigenvalue weighted by molar-refractivity contribution is -0.137. The molecular formula is C16H23NO2. The van der Waals surface area contributed by atoms with E-state index in [0.29, 0.717) is 12.0 Å². The van der Waals surface area contributed by atoms with Crippen molar-refractivity contribution in [1.29, 1.82) is 0 Å². The van der Waals surface area contributed by atoms with E-state index in [0.717, 1.165) is 25.9 Å². The summed E-state index contributed by atoms with van der Waals surface area (Å²) < 4.78 is 0. The van der Waals surface area contributed by atoms with Crippen LogP contribution in [0.1, 0.15) is 31.7 Å². The van der Waals surface area contributed by atoms with E-state index in [2.05, 4.69) is 42.2 Å². The SMILES string of the molecule is C[C@@H]1[C@H](Cc2ccccc2)CCN1CCCC(=O)O. The zero-order valence-corrected chi connectivity index (χ0v) is 11.6. The monoisotopic (exact) mass is 261 g/mol. The number of aliphatic carboxylic acids is 1. The molecule has 1 N–H and O–H groups in total. The lowest BCUT2D eigenvalue weighted by Gasteiger charge is -2.24. The minimum Gasteiger partial charge on any atom is -0.481 e. The van der Waals surface area contributed by atoms with E-state index in [1.807, 2.05) is 0 Å². The number of carboxylic acid groups (broad SMARTS) is 1. The van der Waals surface area contributed by atoms with Gasteiger partial charge in [-0.2, -0.15) is 0 Å². The first-order chi connectivity index (χ1) is 9.16. The van der Waals surface area contributed by atoms with Gasteiger partial charge in [-0.15, -0.1) is 0 Å². The molecule has 1 saturated heterocycles. The summed E-state index contributed by atoms with van der Waals surface area (Å²) >= 11 is 0. The third kappa shape index (κ3) is 4.06. The third-order valence-electron chi connectivity index (χ3n) is 4.22. The summed E-state index contributed by atoms with van der Waals surface area (Å²) in [6, 6.07) is 11.2. The molecule has 0 bridgehead atoms. The van der Waals surface area contributed by atoms with E-state index in [4.69, 9.17) is 5.11 Å². The topological polar surface area (TPSA) is 40.5 Å². The van der Waals surface area contributed by atoms with E-state index < -0.39 is 5.97 Å². The molecule has 0 unspecified atom stereocenters. The van der Waals surface area contributed by atoms with Crippen molar-refractivity contribution in [3.8, 4) is 0 Å². The third-order valence-corrected chi connectivity index (χ3v) is 4.22. The summed E-state index contributed by atoms with van der Waals surface area (Å²) in [5.74, 6) is 0.0138. The molecule has 1 aliphatic heterocycles. The molecule has 0 aromatic heterocycles. The van der Waals surface area contributed by atoms with Gasteiger partial charge in [0.15, 0.2) is 0 Å². The zero-order valence-electron chi connectivity index (χ0n) is 11.6. The number of nitrogens with zero attached hydrogens (tertiary/aromatic N) is 1. The summed E-state index contributed by atoms with van der Waals surface area (Å²) in [7, 11) is 0. The lowest BCUT2D eigenvalue weighted by Crippen LogP contribution is -2.31. The van der Waals surface area contributed by atoms with Crippen LogP contribution in [0.4, 0.5) is 0 Å². The van der Waals surface area contributed by atoms with Gasteiger partial charge in [0.05, 0.1) is 0 Å². The molecule has 1 aromatic rings. The Bertz CT molecular complexity index is 404. The summed E-state index contributed by atoms with van der Waals surface area (Å²) in [5.41, 5.74) is 1.41. The predicted molar refractivity (Wildman–Crippen MR) is 76.2 cm³/mol.